The fourth-order valence-electron chi connectivity index (χ4n) is 1.27. The van der Waals surface area contributed by atoms with Gasteiger partial charge in [0.25, 0.3) is 0 Å². The quantitative estimate of drug-likeness (QED) is 0.528. The van der Waals surface area contributed by atoms with Gasteiger partial charge in [0.05, 0.1) is 6.10 Å². The molecule has 70 valence electrons. The number of carbonyl (C=O) groups is 1. The molecule has 0 saturated heterocycles. The van der Waals surface area contributed by atoms with Gasteiger partial charge in [-0.05, 0) is 25.8 Å². The molecule has 0 aromatic carbocycles. The molecular formula is C8H16N2O2. The van der Waals surface area contributed by atoms with Crippen molar-refractivity contribution in [3.05, 3.63) is 0 Å². The molecule has 4 nitrogen and oxygen atoms in total. The monoisotopic (exact) mass is 172 g/mol. The summed E-state index contributed by atoms with van der Waals surface area (Å²) in [5, 5.41) is 11.8. The molecule has 0 heterocycles. The van der Waals surface area contributed by atoms with Gasteiger partial charge in [0.1, 0.15) is 0 Å². The first-order chi connectivity index (χ1) is 5.72. The number of nitrogens with one attached hydrogen (secondary N) is 1. The van der Waals surface area contributed by atoms with E-state index in [1.165, 1.54) is 0 Å². The minimum Gasteiger partial charge on any atom is -0.393 e. The molecule has 1 saturated carbocycles. The van der Waals surface area contributed by atoms with Gasteiger partial charge in [0, 0.05) is 12.5 Å². The standard InChI is InChI=1S/C8H16N2O2/c9-3-1-2-8(12)10-6-4-7(11)5-6/h6-7,11H,1-5,9H2,(H,10,12). The predicted octanol–water partition coefficient (Wildman–Crippen LogP) is -0.635. The van der Waals surface area contributed by atoms with Crippen molar-refractivity contribution < 1.29 is 9.90 Å². The van der Waals surface area contributed by atoms with Crippen molar-refractivity contribution in [2.45, 2.75) is 37.8 Å². The minimum absolute atomic E-state index is 0.0531. The number of nitrogens with two attached hydrogens (primary N) is 1. The van der Waals surface area contributed by atoms with Gasteiger partial charge in [0.15, 0.2) is 0 Å². The summed E-state index contributed by atoms with van der Waals surface area (Å²) in [5.41, 5.74) is 5.26. The summed E-state index contributed by atoms with van der Waals surface area (Å²) in [5.74, 6) is 0.0531. The van der Waals surface area contributed by atoms with E-state index in [1.54, 1.807) is 0 Å². The highest BCUT2D eigenvalue weighted by Gasteiger charge is 2.27. The van der Waals surface area contributed by atoms with Crippen LogP contribution in [-0.4, -0.2) is 29.7 Å². The molecule has 0 aromatic heterocycles. The number of amides is 1. The summed E-state index contributed by atoms with van der Waals surface area (Å²) in [6, 6.07) is 0.199. The van der Waals surface area contributed by atoms with Crippen LogP contribution in [-0.2, 0) is 4.79 Å². The highest BCUT2D eigenvalue weighted by Crippen LogP contribution is 2.19. The van der Waals surface area contributed by atoms with Crippen molar-refractivity contribution in [3.63, 3.8) is 0 Å². The Morgan fingerprint density at radius 1 is 1.58 bits per heavy atom. The molecule has 1 fully saturated rings. The number of rotatable bonds is 4. The molecule has 1 aliphatic rings. The van der Waals surface area contributed by atoms with Crippen LogP contribution in [0.5, 0.6) is 0 Å². The van der Waals surface area contributed by atoms with Crippen molar-refractivity contribution in [3.8, 4) is 0 Å². The van der Waals surface area contributed by atoms with Crippen LogP contribution in [0.4, 0.5) is 0 Å². The van der Waals surface area contributed by atoms with Crippen LogP contribution < -0.4 is 11.1 Å². The molecule has 12 heavy (non-hydrogen) atoms. The van der Waals surface area contributed by atoms with Gasteiger partial charge in [0.2, 0.25) is 5.91 Å². The molecule has 0 unspecified atom stereocenters. The topological polar surface area (TPSA) is 75.4 Å². The molecule has 0 aliphatic heterocycles. The Hall–Kier alpha value is -0.610. The summed E-state index contributed by atoms with van der Waals surface area (Å²) in [6.45, 7) is 0.556. The van der Waals surface area contributed by atoms with Crippen molar-refractivity contribution in [2.24, 2.45) is 5.73 Å². The lowest BCUT2D eigenvalue weighted by atomic mass is 9.89. The highest BCUT2D eigenvalue weighted by molar-refractivity contribution is 5.76. The fraction of sp³-hybridized carbons (Fsp3) is 0.875. The third-order valence-electron chi connectivity index (χ3n) is 2.09. The molecule has 4 heteroatoms. The van der Waals surface area contributed by atoms with Crippen molar-refractivity contribution in [2.75, 3.05) is 6.54 Å². The fourth-order valence-corrected chi connectivity index (χ4v) is 1.27. The lowest BCUT2D eigenvalue weighted by Crippen LogP contribution is -2.46. The Balaban J connectivity index is 2.03. The number of aliphatic hydroxyl groups excluding tert-OH is 1. The molecule has 0 bridgehead atoms. The van der Waals surface area contributed by atoms with E-state index < -0.39 is 0 Å². The van der Waals surface area contributed by atoms with Crippen LogP contribution >= 0.6 is 0 Å². The zero-order valence-corrected chi connectivity index (χ0v) is 7.12. The number of hydrogen-bond acceptors (Lipinski definition) is 3. The van der Waals surface area contributed by atoms with Crippen LogP contribution in [0.3, 0.4) is 0 Å². The lowest BCUT2D eigenvalue weighted by molar-refractivity contribution is -0.123. The van der Waals surface area contributed by atoms with E-state index in [9.17, 15) is 4.79 Å². The first-order valence-corrected chi connectivity index (χ1v) is 4.40. The lowest BCUT2D eigenvalue weighted by Gasteiger charge is -2.31. The Morgan fingerprint density at radius 3 is 2.75 bits per heavy atom. The maximum absolute atomic E-state index is 11.1. The van der Waals surface area contributed by atoms with Gasteiger partial charge in [-0.3, -0.25) is 4.79 Å². The van der Waals surface area contributed by atoms with Crippen LogP contribution in [0, 0.1) is 0 Å². The zero-order chi connectivity index (χ0) is 8.97. The smallest absolute Gasteiger partial charge is 0.220 e. The maximum atomic E-state index is 11.1. The van der Waals surface area contributed by atoms with Gasteiger partial charge in [-0.25, -0.2) is 0 Å². The van der Waals surface area contributed by atoms with E-state index in [0.29, 0.717) is 25.8 Å². The zero-order valence-electron chi connectivity index (χ0n) is 7.12. The third-order valence-corrected chi connectivity index (χ3v) is 2.09. The summed E-state index contributed by atoms with van der Waals surface area (Å²) < 4.78 is 0. The Labute approximate surface area is 72.1 Å². The highest BCUT2D eigenvalue weighted by atomic mass is 16.3. The van der Waals surface area contributed by atoms with E-state index in [1.807, 2.05) is 0 Å². The normalized spacial score (nSPS) is 27.8. The van der Waals surface area contributed by atoms with Gasteiger partial charge in [-0.1, -0.05) is 0 Å². The average molecular weight is 172 g/mol. The molecule has 0 atom stereocenters. The van der Waals surface area contributed by atoms with Crippen LogP contribution in [0.15, 0.2) is 0 Å². The Bertz CT molecular complexity index is 155. The Kier molecular flexibility index (Phi) is 3.49. The van der Waals surface area contributed by atoms with Gasteiger partial charge in [-0.15, -0.1) is 0 Å². The summed E-state index contributed by atoms with van der Waals surface area (Å²) in [6.07, 6.45) is 2.44. The van der Waals surface area contributed by atoms with E-state index in [0.717, 1.165) is 6.42 Å². The predicted molar refractivity (Wildman–Crippen MR) is 45.5 cm³/mol. The van der Waals surface area contributed by atoms with Crippen molar-refractivity contribution in [1.82, 2.24) is 5.32 Å². The van der Waals surface area contributed by atoms with Crippen molar-refractivity contribution >= 4 is 5.91 Å². The number of hydrogen-bond donors (Lipinski definition) is 3. The first kappa shape index (κ1) is 9.48. The molecule has 0 radical (unpaired) electrons. The second kappa shape index (κ2) is 4.42. The van der Waals surface area contributed by atoms with Gasteiger partial charge in [-0.2, -0.15) is 0 Å². The van der Waals surface area contributed by atoms with E-state index >= 15 is 0 Å². The molecule has 0 aromatic rings. The largest absolute Gasteiger partial charge is 0.393 e. The summed E-state index contributed by atoms with van der Waals surface area (Å²) in [7, 11) is 0. The maximum Gasteiger partial charge on any atom is 0.220 e. The van der Waals surface area contributed by atoms with Crippen LogP contribution in [0.2, 0.25) is 0 Å². The number of aliphatic hydroxyl groups is 1. The second-order valence-electron chi connectivity index (χ2n) is 3.28. The van der Waals surface area contributed by atoms with Crippen LogP contribution in [0.25, 0.3) is 0 Å². The molecule has 4 N–H and O–H groups in total. The number of carbonyl (C=O) groups excluding carboxylic acids is 1. The summed E-state index contributed by atoms with van der Waals surface area (Å²) >= 11 is 0. The second-order valence-corrected chi connectivity index (χ2v) is 3.28. The SMILES string of the molecule is NCCCC(=O)NC1CC(O)C1. The molecule has 1 amide bonds. The van der Waals surface area contributed by atoms with Crippen LogP contribution in [0.1, 0.15) is 25.7 Å². The summed E-state index contributed by atoms with van der Waals surface area (Å²) in [4.78, 5) is 11.1. The van der Waals surface area contributed by atoms with E-state index in [-0.39, 0.29) is 18.1 Å². The van der Waals surface area contributed by atoms with Gasteiger partial charge >= 0.3 is 0 Å². The molecular weight excluding hydrogens is 156 g/mol. The molecule has 0 spiro atoms. The van der Waals surface area contributed by atoms with Crippen molar-refractivity contribution in [1.29, 1.82) is 0 Å². The molecule has 1 aliphatic carbocycles. The molecule has 1 rings (SSSR count). The van der Waals surface area contributed by atoms with E-state index in [4.69, 9.17) is 10.8 Å². The Morgan fingerprint density at radius 2 is 2.25 bits per heavy atom. The minimum atomic E-state index is -0.204. The van der Waals surface area contributed by atoms with E-state index in [2.05, 4.69) is 5.32 Å². The third kappa shape index (κ3) is 2.79. The van der Waals surface area contributed by atoms with Gasteiger partial charge < -0.3 is 16.2 Å². The first-order valence-electron chi connectivity index (χ1n) is 4.40. The average Bonchev–Trinajstić information content (AvgIpc) is 1.98.